The first-order valence-corrected chi connectivity index (χ1v) is 7.82. The maximum atomic E-state index is 4.52. The lowest BCUT2D eigenvalue weighted by Crippen LogP contribution is -2.41. The first-order valence-electron chi connectivity index (χ1n) is 7.82. The standard InChI is InChI=1S/C15H28N4/c1-4-10-16-15(14-8-6-5-7-9-14)11-19-13(3)17-12(2)18-19/h14-16H,4-11H2,1-3H3. The lowest BCUT2D eigenvalue weighted by Gasteiger charge is -2.31. The Hall–Kier alpha value is -0.900. The third-order valence-electron chi connectivity index (χ3n) is 4.21. The van der Waals surface area contributed by atoms with Gasteiger partial charge in [0.2, 0.25) is 0 Å². The Morgan fingerprint density at radius 1 is 1.26 bits per heavy atom. The molecule has 1 aromatic heterocycles. The molecule has 1 atom stereocenters. The summed E-state index contributed by atoms with van der Waals surface area (Å²) in [5, 5.41) is 8.25. The third kappa shape index (κ3) is 4.03. The molecular formula is C15H28N4. The van der Waals surface area contributed by atoms with Crippen LogP contribution in [0, 0.1) is 19.8 Å². The van der Waals surface area contributed by atoms with Gasteiger partial charge in [-0.15, -0.1) is 0 Å². The summed E-state index contributed by atoms with van der Waals surface area (Å²) < 4.78 is 2.08. The molecule has 108 valence electrons. The molecule has 1 N–H and O–H groups in total. The molecule has 4 heteroatoms. The summed E-state index contributed by atoms with van der Waals surface area (Å²) in [6.07, 6.45) is 8.13. The van der Waals surface area contributed by atoms with Gasteiger partial charge < -0.3 is 5.32 Å². The number of hydrogen-bond acceptors (Lipinski definition) is 3. The van der Waals surface area contributed by atoms with Gasteiger partial charge in [-0.3, -0.25) is 0 Å². The van der Waals surface area contributed by atoms with Crippen molar-refractivity contribution in [2.75, 3.05) is 6.54 Å². The number of aryl methyl sites for hydroxylation is 2. The van der Waals surface area contributed by atoms with E-state index in [9.17, 15) is 0 Å². The molecule has 1 aromatic rings. The average molecular weight is 264 g/mol. The molecule has 1 unspecified atom stereocenters. The molecule has 1 fully saturated rings. The van der Waals surface area contributed by atoms with Gasteiger partial charge >= 0.3 is 0 Å². The van der Waals surface area contributed by atoms with Crippen molar-refractivity contribution < 1.29 is 0 Å². The largest absolute Gasteiger partial charge is 0.312 e. The number of rotatable bonds is 6. The normalized spacial score (nSPS) is 18.7. The van der Waals surface area contributed by atoms with Gasteiger partial charge in [0, 0.05) is 6.04 Å². The van der Waals surface area contributed by atoms with Crippen LogP contribution in [-0.2, 0) is 6.54 Å². The van der Waals surface area contributed by atoms with Crippen LogP contribution in [0.4, 0.5) is 0 Å². The summed E-state index contributed by atoms with van der Waals surface area (Å²) in [5.74, 6) is 2.73. The van der Waals surface area contributed by atoms with E-state index in [0.717, 1.165) is 30.7 Å². The zero-order valence-corrected chi connectivity index (χ0v) is 12.7. The van der Waals surface area contributed by atoms with Crippen molar-refractivity contribution in [1.29, 1.82) is 0 Å². The molecule has 0 bridgehead atoms. The van der Waals surface area contributed by atoms with E-state index in [1.54, 1.807) is 0 Å². The van der Waals surface area contributed by atoms with Gasteiger partial charge in [-0.05, 0) is 45.6 Å². The molecule has 4 nitrogen and oxygen atoms in total. The van der Waals surface area contributed by atoms with Gasteiger partial charge in [-0.2, -0.15) is 5.10 Å². The summed E-state index contributed by atoms with van der Waals surface area (Å²) in [4.78, 5) is 4.41. The molecule has 0 spiro atoms. The molecular weight excluding hydrogens is 236 g/mol. The van der Waals surface area contributed by atoms with Gasteiger partial charge in [-0.1, -0.05) is 26.2 Å². The second kappa shape index (κ2) is 7.04. The van der Waals surface area contributed by atoms with Crippen molar-refractivity contribution in [3.8, 4) is 0 Å². The van der Waals surface area contributed by atoms with Crippen LogP contribution in [0.3, 0.4) is 0 Å². The van der Waals surface area contributed by atoms with Gasteiger partial charge in [-0.25, -0.2) is 9.67 Å². The molecule has 0 amide bonds. The predicted molar refractivity (Wildman–Crippen MR) is 78.2 cm³/mol. The van der Waals surface area contributed by atoms with Crippen LogP contribution in [0.2, 0.25) is 0 Å². The maximum Gasteiger partial charge on any atom is 0.147 e. The van der Waals surface area contributed by atoms with Gasteiger partial charge in [0.25, 0.3) is 0 Å². The second-order valence-electron chi connectivity index (χ2n) is 5.85. The van der Waals surface area contributed by atoms with Crippen LogP contribution in [0.25, 0.3) is 0 Å². The second-order valence-corrected chi connectivity index (χ2v) is 5.85. The highest BCUT2D eigenvalue weighted by Crippen LogP contribution is 2.27. The fraction of sp³-hybridized carbons (Fsp3) is 0.867. The minimum absolute atomic E-state index is 0.556. The van der Waals surface area contributed by atoms with Crippen molar-refractivity contribution in [2.24, 2.45) is 5.92 Å². The van der Waals surface area contributed by atoms with Crippen molar-refractivity contribution in [2.45, 2.75) is 71.9 Å². The Labute approximate surface area is 117 Å². The summed E-state index contributed by atoms with van der Waals surface area (Å²) in [6.45, 7) is 8.33. The van der Waals surface area contributed by atoms with E-state index in [2.05, 4.69) is 33.9 Å². The van der Waals surface area contributed by atoms with Crippen LogP contribution < -0.4 is 5.32 Å². The molecule has 0 radical (unpaired) electrons. The first kappa shape index (κ1) is 14.5. The minimum atomic E-state index is 0.556. The summed E-state index contributed by atoms with van der Waals surface area (Å²) in [7, 11) is 0. The van der Waals surface area contributed by atoms with Gasteiger partial charge in [0.15, 0.2) is 0 Å². The highest BCUT2D eigenvalue weighted by molar-refractivity contribution is 4.90. The highest BCUT2D eigenvalue weighted by atomic mass is 15.3. The molecule has 2 rings (SSSR count). The van der Waals surface area contributed by atoms with Crippen LogP contribution in [0.1, 0.15) is 57.1 Å². The summed E-state index contributed by atoms with van der Waals surface area (Å²) in [5.41, 5.74) is 0. The van der Waals surface area contributed by atoms with E-state index in [0.29, 0.717) is 6.04 Å². The zero-order valence-electron chi connectivity index (χ0n) is 12.7. The maximum absolute atomic E-state index is 4.52. The molecule has 19 heavy (non-hydrogen) atoms. The average Bonchev–Trinajstić information content (AvgIpc) is 2.73. The first-order chi connectivity index (χ1) is 9.20. The molecule has 1 heterocycles. The quantitative estimate of drug-likeness (QED) is 0.859. The number of hydrogen-bond donors (Lipinski definition) is 1. The number of nitrogens with one attached hydrogen (secondary N) is 1. The van der Waals surface area contributed by atoms with Crippen LogP contribution >= 0.6 is 0 Å². The summed E-state index contributed by atoms with van der Waals surface area (Å²) >= 11 is 0. The fourth-order valence-corrected chi connectivity index (χ4v) is 3.17. The lowest BCUT2D eigenvalue weighted by atomic mass is 9.83. The van der Waals surface area contributed by atoms with Crippen molar-refractivity contribution in [3.05, 3.63) is 11.6 Å². The predicted octanol–water partition coefficient (Wildman–Crippen LogP) is 2.84. The van der Waals surface area contributed by atoms with E-state index < -0.39 is 0 Å². The highest BCUT2D eigenvalue weighted by Gasteiger charge is 2.24. The van der Waals surface area contributed by atoms with Crippen LogP contribution in [0.5, 0.6) is 0 Å². The van der Waals surface area contributed by atoms with E-state index >= 15 is 0 Å². The Bertz CT molecular complexity index is 379. The Morgan fingerprint density at radius 3 is 2.58 bits per heavy atom. The van der Waals surface area contributed by atoms with Crippen molar-refractivity contribution in [1.82, 2.24) is 20.1 Å². The smallest absolute Gasteiger partial charge is 0.147 e. The zero-order chi connectivity index (χ0) is 13.7. The SMILES string of the molecule is CCCNC(Cn1nc(C)nc1C)C1CCCCC1. The van der Waals surface area contributed by atoms with Crippen LogP contribution in [-0.4, -0.2) is 27.4 Å². The van der Waals surface area contributed by atoms with Gasteiger partial charge in [0.1, 0.15) is 11.6 Å². The van der Waals surface area contributed by atoms with E-state index in [4.69, 9.17) is 0 Å². The van der Waals surface area contributed by atoms with E-state index in [1.165, 1.54) is 38.5 Å². The fourth-order valence-electron chi connectivity index (χ4n) is 3.17. The Morgan fingerprint density at radius 2 is 2.00 bits per heavy atom. The number of aromatic nitrogens is 3. The number of nitrogens with zero attached hydrogens (tertiary/aromatic N) is 3. The van der Waals surface area contributed by atoms with Crippen molar-refractivity contribution in [3.63, 3.8) is 0 Å². The third-order valence-corrected chi connectivity index (χ3v) is 4.21. The molecule has 0 aliphatic heterocycles. The molecule has 0 saturated heterocycles. The minimum Gasteiger partial charge on any atom is -0.312 e. The molecule has 0 aromatic carbocycles. The lowest BCUT2D eigenvalue weighted by molar-refractivity contribution is 0.241. The summed E-state index contributed by atoms with van der Waals surface area (Å²) in [6, 6.07) is 0.556. The van der Waals surface area contributed by atoms with E-state index in [1.807, 2.05) is 6.92 Å². The topological polar surface area (TPSA) is 42.7 Å². The molecule has 1 saturated carbocycles. The molecule has 1 aliphatic carbocycles. The van der Waals surface area contributed by atoms with Crippen LogP contribution in [0.15, 0.2) is 0 Å². The Balaban J connectivity index is 2.01. The van der Waals surface area contributed by atoms with E-state index in [-0.39, 0.29) is 0 Å². The Kier molecular flexibility index (Phi) is 5.37. The molecule has 1 aliphatic rings. The van der Waals surface area contributed by atoms with Gasteiger partial charge in [0.05, 0.1) is 6.54 Å². The van der Waals surface area contributed by atoms with Crippen molar-refractivity contribution >= 4 is 0 Å². The monoisotopic (exact) mass is 264 g/mol.